The van der Waals surface area contributed by atoms with E-state index < -0.39 is 0 Å². The second-order valence-electron chi connectivity index (χ2n) is 1.04. The molecular weight excluding hydrogens is 223 g/mol. The number of nitrogens with zero attached hydrogens (tertiary/aromatic N) is 2. The summed E-state index contributed by atoms with van der Waals surface area (Å²) in [6, 6.07) is 0. The van der Waals surface area contributed by atoms with Gasteiger partial charge in [-0.25, -0.2) is 4.98 Å². The summed E-state index contributed by atoms with van der Waals surface area (Å²) >= 11 is 6.09. The van der Waals surface area contributed by atoms with Crippen molar-refractivity contribution in [3.63, 3.8) is 0 Å². The number of rotatable bonds is 0. The average molecular weight is 226 g/mol. The first-order valence-electron chi connectivity index (χ1n) is 1.69. The Morgan fingerprint density at radius 3 is 2.71 bits per heavy atom. The topological polar surface area (TPSA) is 17.8 Å². The highest BCUT2D eigenvalue weighted by molar-refractivity contribution is 14.1. The molecule has 1 heterocycles. The largest absolute Gasteiger partial charge is 0.272 e. The molecule has 0 amide bonds. The predicted molar refractivity (Wildman–Crippen MR) is 39.3 cm³/mol. The van der Waals surface area contributed by atoms with Gasteiger partial charge in [0.1, 0.15) is 0 Å². The first-order valence-corrected chi connectivity index (χ1v) is 3.16. The smallest absolute Gasteiger partial charge is 0.181 e. The number of thiol groups is 1. The fourth-order valence-electron chi connectivity index (χ4n) is 0.279. The minimum atomic E-state index is 0.890. The molecule has 0 aromatic carbocycles. The molecule has 1 rings (SSSR count). The lowest BCUT2D eigenvalue weighted by molar-refractivity contribution is 1.17. The van der Waals surface area contributed by atoms with Gasteiger partial charge in [-0.1, -0.05) is 12.8 Å². The van der Waals surface area contributed by atoms with E-state index in [1.807, 2.05) is 0 Å². The van der Waals surface area contributed by atoms with Crippen LogP contribution in [0, 0.1) is 3.83 Å². The van der Waals surface area contributed by atoms with Gasteiger partial charge in [0.25, 0.3) is 0 Å². The van der Waals surface area contributed by atoms with Gasteiger partial charge in [-0.05, 0) is 0 Å². The molecule has 0 unspecified atom stereocenters. The highest BCUT2D eigenvalue weighted by Gasteiger charge is 1.87. The van der Waals surface area contributed by atoms with Crippen LogP contribution in [0.5, 0.6) is 0 Å². The first kappa shape index (κ1) is 5.43. The van der Waals surface area contributed by atoms with Crippen molar-refractivity contribution in [3.8, 4) is 0 Å². The van der Waals surface area contributed by atoms with Crippen molar-refractivity contribution in [3.05, 3.63) is 16.2 Å². The molecule has 38 valence electrons. The Bertz CT molecular complexity index is 145. The van der Waals surface area contributed by atoms with Gasteiger partial charge < -0.3 is 0 Å². The molecule has 1 aromatic heterocycles. The maximum absolute atomic E-state index is 4.00. The van der Waals surface area contributed by atoms with Gasteiger partial charge in [0.2, 0.25) is 0 Å². The van der Waals surface area contributed by atoms with Gasteiger partial charge in [0.05, 0.1) is 0 Å². The van der Waals surface area contributed by atoms with Crippen LogP contribution >= 0.6 is 35.4 Å². The number of halogens is 1. The zero-order valence-corrected chi connectivity index (χ0v) is 6.43. The summed E-state index contributed by atoms with van der Waals surface area (Å²) in [5.41, 5.74) is 0. The van der Waals surface area contributed by atoms with E-state index in [-0.39, 0.29) is 0 Å². The lowest BCUT2D eigenvalue weighted by Gasteiger charge is -1.83. The van der Waals surface area contributed by atoms with E-state index in [1.165, 1.54) is 0 Å². The highest BCUT2D eigenvalue weighted by atomic mass is 127. The molecule has 0 aliphatic rings. The van der Waals surface area contributed by atoms with Crippen molar-refractivity contribution in [1.29, 1.82) is 0 Å². The summed E-state index contributed by atoms with van der Waals surface area (Å²) in [5.74, 6) is 0. The van der Waals surface area contributed by atoms with Gasteiger partial charge in [-0.3, -0.25) is 3.97 Å². The van der Waals surface area contributed by atoms with Crippen LogP contribution in [0.15, 0.2) is 12.4 Å². The van der Waals surface area contributed by atoms with E-state index in [2.05, 4.69) is 40.4 Å². The molecule has 0 saturated heterocycles. The van der Waals surface area contributed by atoms with E-state index in [1.54, 1.807) is 16.4 Å². The lowest BCUT2D eigenvalue weighted by Crippen LogP contribution is -1.78. The van der Waals surface area contributed by atoms with E-state index in [0.29, 0.717) is 0 Å². The summed E-state index contributed by atoms with van der Waals surface area (Å²) in [7, 11) is 0. The van der Waals surface area contributed by atoms with Crippen molar-refractivity contribution in [2.24, 2.45) is 0 Å². The molecule has 0 atom stereocenters. The van der Waals surface area contributed by atoms with Gasteiger partial charge in [0.15, 0.2) is 3.83 Å². The third-order valence-corrected chi connectivity index (χ3v) is 2.08. The molecule has 0 aliphatic heterocycles. The number of hydrogen-bond donors (Lipinski definition) is 1. The zero-order valence-electron chi connectivity index (χ0n) is 3.37. The number of imidazole rings is 1. The second-order valence-corrected chi connectivity index (χ2v) is 2.44. The lowest BCUT2D eigenvalue weighted by atomic mass is 11.0. The van der Waals surface area contributed by atoms with Crippen LogP contribution in [0.25, 0.3) is 0 Å². The normalized spacial score (nSPS) is 9.43. The van der Waals surface area contributed by atoms with Crippen LogP contribution in [-0.4, -0.2) is 8.96 Å². The summed E-state index contributed by atoms with van der Waals surface area (Å²) < 4.78 is 2.54. The van der Waals surface area contributed by atoms with Crippen molar-refractivity contribution >= 4 is 35.4 Å². The maximum atomic E-state index is 4.00. The number of hydrogen-bond acceptors (Lipinski definition) is 2. The van der Waals surface area contributed by atoms with E-state index in [4.69, 9.17) is 0 Å². The van der Waals surface area contributed by atoms with Gasteiger partial charge in [0, 0.05) is 35.0 Å². The van der Waals surface area contributed by atoms with Crippen LogP contribution in [0.4, 0.5) is 0 Å². The molecule has 4 heteroatoms. The molecule has 0 N–H and O–H groups in total. The Morgan fingerprint density at radius 2 is 2.57 bits per heavy atom. The standard InChI is InChI=1S/C3H3IN2S/c4-3-5-1-2-6(3)7/h1-2,7H. The average Bonchev–Trinajstić information content (AvgIpc) is 1.91. The van der Waals surface area contributed by atoms with E-state index >= 15 is 0 Å². The number of aromatic nitrogens is 2. The fourth-order valence-corrected chi connectivity index (χ4v) is 0.712. The van der Waals surface area contributed by atoms with Crippen molar-refractivity contribution < 1.29 is 0 Å². The molecule has 1 aromatic rings. The van der Waals surface area contributed by atoms with Crippen LogP contribution in [0.3, 0.4) is 0 Å². The van der Waals surface area contributed by atoms with Gasteiger partial charge in [-0.15, -0.1) is 0 Å². The Labute approximate surface area is 60.6 Å². The molecule has 0 aliphatic carbocycles. The SMILES string of the molecule is Sn1ccnc1I. The quantitative estimate of drug-likeness (QED) is 0.519. The van der Waals surface area contributed by atoms with E-state index in [9.17, 15) is 0 Å². The second kappa shape index (κ2) is 2.04. The van der Waals surface area contributed by atoms with Crippen LogP contribution < -0.4 is 0 Å². The molecule has 0 fully saturated rings. The Balaban J connectivity index is 3.12. The molecule has 0 radical (unpaired) electrons. The Kier molecular flexibility index (Phi) is 1.58. The molecular formula is C3H3IN2S. The zero-order chi connectivity index (χ0) is 5.28. The van der Waals surface area contributed by atoms with E-state index in [0.717, 1.165) is 3.83 Å². The molecule has 7 heavy (non-hydrogen) atoms. The maximum Gasteiger partial charge on any atom is 0.181 e. The summed E-state index contributed by atoms with van der Waals surface area (Å²) in [5, 5.41) is 0. The monoisotopic (exact) mass is 226 g/mol. The Hall–Kier alpha value is 0.290. The predicted octanol–water partition coefficient (Wildman–Crippen LogP) is 1.18. The molecule has 0 spiro atoms. The third kappa shape index (κ3) is 1.09. The van der Waals surface area contributed by atoms with Crippen LogP contribution in [0.2, 0.25) is 0 Å². The minimum Gasteiger partial charge on any atom is -0.272 e. The summed E-state index contributed by atoms with van der Waals surface area (Å²) in [4.78, 5) is 3.89. The first-order chi connectivity index (χ1) is 3.30. The van der Waals surface area contributed by atoms with Gasteiger partial charge >= 0.3 is 0 Å². The Morgan fingerprint density at radius 1 is 1.86 bits per heavy atom. The van der Waals surface area contributed by atoms with Crippen LogP contribution in [0.1, 0.15) is 0 Å². The minimum absolute atomic E-state index is 0.890. The molecule has 0 saturated carbocycles. The highest BCUT2D eigenvalue weighted by Crippen LogP contribution is 2.00. The fraction of sp³-hybridized carbons (Fsp3) is 0. The van der Waals surface area contributed by atoms with Gasteiger partial charge in [-0.2, -0.15) is 0 Å². The molecule has 2 nitrogen and oxygen atoms in total. The summed E-state index contributed by atoms with van der Waals surface area (Å²) in [6.07, 6.45) is 3.49. The summed E-state index contributed by atoms with van der Waals surface area (Å²) in [6.45, 7) is 0. The van der Waals surface area contributed by atoms with Crippen molar-refractivity contribution in [2.45, 2.75) is 0 Å². The molecule has 0 bridgehead atoms. The van der Waals surface area contributed by atoms with Crippen LogP contribution in [-0.2, 0) is 0 Å². The van der Waals surface area contributed by atoms with Crippen molar-refractivity contribution in [2.75, 3.05) is 0 Å². The third-order valence-electron chi connectivity index (χ3n) is 0.578. The van der Waals surface area contributed by atoms with Crippen molar-refractivity contribution in [1.82, 2.24) is 8.96 Å².